The van der Waals surface area contributed by atoms with Crippen molar-refractivity contribution in [3.63, 3.8) is 0 Å². The molecule has 1 unspecified atom stereocenters. The molecular weight excluding hydrogens is 354 g/mol. The molecule has 2 aromatic rings. The molecule has 25 heavy (non-hydrogen) atoms. The van der Waals surface area contributed by atoms with Gasteiger partial charge < -0.3 is 15.6 Å². The third-order valence-corrected chi connectivity index (χ3v) is 4.25. The molecule has 1 aliphatic carbocycles. The number of carbonyl (C=O) groups is 1. The molecule has 0 aliphatic heterocycles. The van der Waals surface area contributed by atoms with Crippen molar-refractivity contribution >= 4 is 18.3 Å². The van der Waals surface area contributed by atoms with Crippen molar-refractivity contribution in [3.8, 4) is 0 Å². The van der Waals surface area contributed by atoms with Crippen LogP contribution < -0.4 is 11.1 Å². The molecule has 0 bridgehead atoms. The van der Waals surface area contributed by atoms with Gasteiger partial charge in [-0.1, -0.05) is 11.2 Å². The van der Waals surface area contributed by atoms with Crippen LogP contribution in [0.25, 0.3) is 0 Å². The predicted molar refractivity (Wildman–Crippen MR) is 87.9 cm³/mol. The van der Waals surface area contributed by atoms with Crippen LogP contribution in [0.1, 0.15) is 49.5 Å². The number of nitrogens with one attached hydrogen (secondary N) is 1. The van der Waals surface area contributed by atoms with E-state index in [0.29, 0.717) is 5.82 Å². The Balaban J connectivity index is 0.00000225. The number of carbonyl (C=O) groups excluding carboxylic acids is 1. The first-order chi connectivity index (χ1) is 11.4. The van der Waals surface area contributed by atoms with Gasteiger partial charge in [0, 0.05) is 18.6 Å². The van der Waals surface area contributed by atoms with Gasteiger partial charge in [0.1, 0.15) is 11.6 Å². The van der Waals surface area contributed by atoms with Crippen molar-refractivity contribution in [1.29, 1.82) is 0 Å². The smallest absolute Gasteiger partial charge is 0.229 e. The lowest BCUT2D eigenvalue weighted by atomic mass is 9.77. The van der Waals surface area contributed by atoms with E-state index in [2.05, 4.69) is 15.5 Å². The number of nitrogens with two attached hydrogens (primary N) is 1. The Morgan fingerprint density at radius 2 is 2.16 bits per heavy atom. The molecule has 1 amide bonds. The molecule has 1 heterocycles. The van der Waals surface area contributed by atoms with Crippen molar-refractivity contribution in [2.75, 3.05) is 0 Å². The predicted octanol–water partition coefficient (Wildman–Crippen LogP) is 2.53. The summed E-state index contributed by atoms with van der Waals surface area (Å²) in [7, 11) is 0. The molecular formula is C16H19ClF2N4O2. The highest BCUT2D eigenvalue weighted by atomic mass is 35.5. The van der Waals surface area contributed by atoms with E-state index in [1.165, 1.54) is 13.0 Å². The van der Waals surface area contributed by atoms with Crippen LogP contribution in [0.15, 0.2) is 22.7 Å². The lowest BCUT2D eigenvalue weighted by Gasteiger charge is -2.34. The van der Waals surface area contributed by atoms with Gasteiger partial charge in [-0.05, 0) is 25.3 Å². The lowest BCUT2D eigenvalue weighted by molar-refractivity contribution is -0.119. The molecule has 3 N–H and O–H groups in total. The number of rotatable bonds is 5. The highest BCUT2D eigenvalue weighted by Crippen LogP contribution is 2.37. The van der Waals surface area contributed by atoms with Gasteiger partial charge in [-0.15, -0.1) is 12.4 Å². The van der Waals surface area contributed by atoms with Crippen LogP contribution >= 0.6 is 12.4 Å². The molecule has 1 aromatic heterocycles. The third kappa shape index (κ3) is 4.13. The monoisotopic (exact) mass is 372 g/mol. The normalized spacial score (nSPS) is 16.5. The van der Waals surface area contributed by atoms with Crippen LogP contribution in [-0.2, 0) is 16.8 Å². The Kier molecular flexibility index (Phi) is 5.74. The van der Waals surface area contributed by atoms with E-state index in [0.717, 1.165) is 31.4 Å². The van der Waals surface area contributed by atoms with Crippen LogP contribution in [-0.4, -0.2) is 16.0 Å². The molecule has 1 aliphatic rings. The average Bonchev–Trinajstić information content (AvgIpc) is 2.92. The number of amides is 1. The van der Waals surface area contributed by atoms with E-state index in [-0.39, 0.29) is 36.2 Å². The Morgan fingerprint density at radius 1 is 1.44 bits per heavy atom. The minimum Gasteiger partial charge on any atom is -0.349 e. The fourth-order valence-corrected chi connectivity index (χ4v) is 2.76. The van der Waals surface area contributed by atoms with E-state index in [4.69, 9.17) is 10.3 Å². The number of nitrogens with zero attached hydrogens (tertiary/aromatic N) is 2. The molecule has 1 atom stereocenters. The van der Waals surface area contributed by atoms with Crippen LogP contribution in [0.4, 0.5) is 8.78 Å². The number of hydrogen-bond donors (Lipinski definition) is 2. The number of aromatic nitrogens is 2. The molecule has 1 fully saturated rings. The summed E-state index contributed by atoms with van der Waals surface area (Å²) in [6.07, 6.45) is 2.67. The Morgan fingerprint density at radius 3 is 2.72 bits per heavy atom. The summed E-state index contributed by atoms with van der Waals surface area (Å²) in [5.41, 5.74) is 5.73. The summed E-state index contributed by atoms with van der Waals surface area (Å²) in [4.78, 5) is 15.7. The van der Waals surface area contributed by atoms with Gasteiger partial charge in [0.2, 0.25) is 11.8 Å². The number of benzene rings is 1. The van der Waals surface area contributed by atoms with E-state index in [1.54, 1.807) is 0 Å². The summed E-state index contributed by atoms with van der Waals surface area (Å²) in [5, 5.41) is 6.52. The van der Waals surface area contributed by atoms with Gasteiger partial charge in [0.05, 0.1) is 18.0 Å². The van der Waals surface area contributed by atoms with Crippen molar-refractivity contribution in [3.05, 3.63) is 47.1 Å². The van der Waals surface area contributed by atoms with Crippen LogP contribution in [0.5, 0.6) is 0 Å². The van der Waals surface area contributed by atoms with Gasteiger partial charge in [-0.2, -0.15) is 4.98 Å². The van der Waals surface area contributed by atoms with E-state index in [9.17, 15) is 13.6 Å². The zero-order valence-corrected chi connectivity index (χ0v) is 14.4. The Bertz CT molecular complexity index is 764. The fourth-order valence-electron chi connectivity index (χ4n) is 2.76. The van der Waals surface area contributed by atoms with Crippen LogP contribution in [0.2, 0.25) is 0 Å². The van der Waals surface area contributed by atoms with E-state index >= 15 is 0 Å². The zero-order chi connectivity index (χ0) is 17.3. The zero-order valence-electron chi connectivity index (χ0n) is 13.6. The fraction of sp³-hybridized carbons (Fsp3) is 0.438. The van der Waals surface area contributed by atoms with Gasteiger partial charge >= 0.3 is 0 Å². The first-order valence-corrected chi connectivity index (χ1v) is 7.71. The maximum absolute atomic E-state index is 14.0. The van der Waals surface area contributed by atoms with Crippen molar-refractivity contribution in [2.45, 2.75) is 44.2 Å². The minimum atomic E-state index is -0.747. The second-order valence-corrected chi connectivity index (χ2v) is 6.14. The van der Waals surface area contributed by atoms with Crippen LogP contribution in [0, 0.1) is 11.6 Å². The van der Waals surface area contributed by atoms with E-state index < -0.39 is 23.2 Å². The lowest BCUT2D eigenvalue weighted by Crippen LogP contribution is -2.44. The Labute approximate surface area is 149 Å². The average molecular weight is 373 g/mol. The van der Waals surface area contributed by atoms with Crippen LogP contribution in [0.3, 0.4) is 0 Å². The number of hydrogen-bond acceptors (Lipinski definition) is 5. The molecule has 1 saturated carbocycles. The summed E-state index contributed by atoms with van der Waals surface area (Å²) in [6, 6.07) is 2.45. The SMILES string of the molecule is CC(=O)NC(Cc1nc(C2(N)CCC2)no1)c1ccc(F)cc1F.Cl. The first kappa shape index (κ1) is 19.3. The highest BCUT2D eigenvalue weighted by Gasteiger charge is 2.39. The quantitative estimate of drug-likeness (QED) is 0.841. The van der Waals surface area contributed by atoms with Gasteiger partial charge in [-0.25, -0.2) is 8.78 Å². The molecule has 1 aromatic carbocycles. The molecule has 0 radical (unpaired) electrons. The van der Waals surface area contributed by atoms with Gasteiger partial charge in [0.25, 0.3) is 0 Å². The van der Waals surface area contributed by atoms with Gasteiger partial charge in [0.15, 0.2) is 5.82 Å². The number of halogens is 3. The second kappa shape index (κ2) is 7.45. The molecule has 0 saturated heterocycles. The summed E-state index contributed by atoms with van der Waals surface area (Å²) in [6.45, 7) is 1.32. The standard InChI is InChI=1S/C16H18F2N4O2.ClH/c1-9(23)20-13(11-4-3-10(17)7-12(11)18)8-14-21-15(22-24-14)16(19)5-2-6-16;/h3-4,7,13H,2,5-6,8,19H2,1H3,(H,20,23);1H. The minimum absolute atomic E-state index is 0. The largest absolute Gasteiger partial charge is 0.349 e. The van der Waals surface area contributed by atoms with E-state index in [1.807, 2.05) is 0 Å². The maximum atomic E-state index is 14.0. The first-order valence-electron chi connectivity index (χ1n) is 7.71. The van der Waals surface area contributed by atoms with Gasteiger partial charge in [-0.3, -0.25) is 4.79 Å². The highest BCUT2D eigenvalue weighted by molar-refractivity contribution is 5.85. The molecule has 6 nitrogen and oxygen atoms in total. The third-order valence-electron chi connectivity index (χ3n) is 4.25. The van der Waals surface area contributed by atoms with Crippen molar-refractivity contribution < 1.29 is 18.1 Å². The maximum Gasteiger partial charge on any atom is 0.229 e. The molecule has 3 rings (SSSR count). The van der Waals surface area contributed by atoms with Crippen molar-refractivity contribution in [1.82, 2.24) is 15.5 Å². The Hall–Kier alpha value is -2.06. The summed E-state index contributed by atoms with van der Waals surface area (Å²) in [5.74, 6) is -1.12. The summed E-state index contributed by atoms with van der Waals surface area (Å²) < 4.78 is 32.3. The topological polar surface area (TPSA) is 94.0 Å². The van der Waals surface area contributed by atoms with Crippen molar-refractivity contribution in [2.24, 2.45) is 5.73 Å². The summed E-state index contributed by atoms with van der Waals surface area (Å²) >= 11 is 0. The molecule has 136 valence electrons. The molecule has 9 heteroatoms. The molecule has 0 spiro atoms. The second-order valence-electron chi connectivity index (χ2n) is 6.14.